The molecule has 3 aromatic rings. The van der Waals surface area contributed by atoms with Gasteiger partial charge in [-0.2, -0.15) is 13.2 Å². The number of nitrogens with one attached hydrogen (secondary N) is 2. The van der Waals surface area contributed by atoms with Crippen LogP contribution in [0.15, 0.2) is 47.4 Å². The monoisotopic (exact) mass is 591 g/mol. The van der Waals surface area contributed by atoms with Gasteiger partial charge in [-0.05, 0) is 36.9 Å². The van der Waals surface area contributed by atoms with Crippen LogP contribution in [-0.4, -0.2) is 80.2 Å². The Balaban J connectivity index is 1.56. The molecule has 2 fully saturated rings. The van der Waals surface area contributed by atoms with E-state index in [9.17, 15) is 22.8 Å². The number of H-pyrrole nitrogens is 1. The first-order chi connectivity index (χ1) is 20.0. The van der Waals surface area contributed by atoms with E-state index in [1.165, 1.54) is 24.3 Å². The van der Waals surface area contributed by atoms with Crippen LogP contribution in [0.3, 0.4) is 0 Å². The highest BCUT2D eigenvalue weighted by atomic mass is 19.4. The molecule has 2 N–H and O–H groups in total. The van der Waals surface area contributed by atoms with Crippen LogP contribution in [0.4, 0.5) is 33.3 Å². The third-order valence-corrected chi connectivity index (χ3v) is 7.51. The van der Waals surface area contributed by atoms with Gasteiger partial charge in [0.15, 0.2) is 5.82 Å². The van der Waals surface area contributed by atoms with Crippen LogP contribution in [0.5, 0.6) is 0 Å². The summed E-state index contributed by atoms with van der Waals surface area (Å²) in [5, 5.41) is 2.31. The van der Waals surface area contributed by atoms with E-state index < -0.39 is 40.4 Å². The lowest BCUT2D eigenvalue weighted by atomic mass is 9.99. The fraction of sp³-hybridized carbons (Fsp3) is 0.379. The van der Waals surface area contributed by atoms with E-state index in [-0.39, 0.29) is 28.6 Å². The zero-order valence-electron chi connectivity index (χ0n) is 22.9. The first-order valence-electron chi connectivity index (χ1n) is 13.5. The summed E-state index contributed by atoms with van der Waals surface area (Å²) in [6.07, 6.45) is -4.36. The second kappa shape index (κ2) is 12.2. The molecule has 1 aromatic heterocycles. The minimum absolute atomic E-state index is 0.0429. The molecular weight excluding hydrogens is 561 g/mol. The lowest BCUT2D eigenvalue weighted by Gasteiger charge is -2.35. The van der Waals surface area contributed by atoms with Gasteiger partial charge in [0.1, 0.15) is 11.5 Å². The molecule has 0 spiro atoms. The number of hydrogen-bond acceptors (Lipinski definition) is 6. The van der Waals surface area contributed by atoms with Gasteiger partial charge in [0, 0.05) is 69.2 Å². The molecule has 5 rings (SSSR count). The first kappa shape index (κ1) is 29.7. The quantitative estimate of drug-likeness (QED) is 0.419. The van der Waals surface area contributed by atoms with Crippen molar-refractivity contribution >= 4 is 17.3 Å². The molecule has 0 saturated carbocycles. The smallest absolute Gasteiger partial charge is 0.379 e. The Morgan fingerprint density at radius 3 is 2.38 bits per heavy atom. The molecule has 224 valence electrons. The maximum atomic E-state index is 16.4. The van der Waals surface area contributed by atoms with Gasteiger partial charge in [-0.25, -0.2) is 8.78 Å². The number of hydrogen-bond donors (Lipinski definition) is 2. The lowest BCUT2D eigenvalue weighted by molar-refractivity contribution is -0.138. The largest absolute Gasteiger partial charge is 0.417 e. The molecule has 0 aliphatic carbocycles. The van der Waals surface area contributed by atoms with Gasteiger partial charge in [0.05, 0.1) is 30.0 Å². The molecule has 0 unspecified atom stereocenters. The van der Waals surface area contributed by atoms with E-state index in [2.05, 4.69) is 20.1 Å². The third-order valence-electron chi connectivity index (χ3n) is 7.51. The normalized spacial score (nSPS) is 17.0. The molecule has 13 heteroatoms. The molecule has 8 nitrogen and oxygen atoms in total. The second-order valence-electron chi connectivity index (χ2n) is 10.4. The zero-order valence-corrected chi connectivity index (χ0v) is 22.9. The average molecular weight is 592 g/mol. The van der Waals surface area contributed by atoms with Crippen LogP contribution in [-0.2, 0) is 17.5 Å². The van der Waals surface area contributed by atoms with Gasteiger partial charge in [-0.15, -0.1) is 0 Å². The summed E-state index contributed by atoms with van der Waals surface area (Å²) in [5.41, 5.74) is -2.96. The molecule has 2 aliphatic heterocycles. The zero-order chi connectivity index (χ0) is 30.0. The maximum absolute atomic E-state index is 16.4. The van der Waals surface area contributed by atoms with E-state index >= 15 is 8.78 Å². The number of nitrogens with zero attached hydrogens (tertiary/aromatic N) is 3. The molecule has 0 bridgehead atoms. The van der Waals surface area contributed by atoms with Crippen LogP contribution < -0.4 is 15.8 Å². The van der Waals surface area contributed by atoms with Gasteiger partial charge >= 0.3 is 6.18 Å². The molecule has 42 heavy (non-hydrogen) atoms. The third kappa shape index (κ3) is 6.48. The van der Waals surface area contributed by atoms with Gasteiger partial charge in [0.25, 0.3) is 5.91 Å². The number of piperazine rings is 1. The fourth-order valence-electron chi connectivity index (χ4n) is 5.17. The van der Waals surface area contributed by atoms with Crippen molar-refractivity contribution in [3.63, 3.8) is 0 Å². The maximum Gasteiger partial charge on any atom is 0.417 e. The van der Waals surface area contributed by atoms with E-state index in [1.807, 2.05) is 11.9 Å². The van der Waals surface area contributed by atoms with Crippen molar-refractivity contribution in [2.75, 3.05) is 69.7 Å². The van der Waals surface area contributed by atoms with Crippen LogP contribution >= 0.6 is 0 Å². The molecule has 0 radical (unpaired) electrons. The number of benzene rings is 2. The van der Waals surface area contributed by atoms with E-state index in [1.54, 1.807) is 6.07 Å². The number of morpholine rings is 1. The average Bonchev–Trinajstić information content (AvgIpc) is 2.96. The van der Waals surface area contributed by atoms with Crippen molar-refractivity contribution < 1.29 is 31.5 Å². The SMILES string of the molecule is CN1CCN(c2ccc(-c3cc(CN4CCOCC4)ccc3F)c(F)c2NC(=O)c2c[nH]c(=O)cc2C(F)(F)F)CC1. The highest BCUT2D eigenvalue weighted by Gasteiger charge is 2.36. The van der Waals surface area contributed by atoms with Crippen LogP contribution in [0.1, 0.15) is 21.5 Å². The topological polar surface area (TPSA) is 80.9 Å². The predicted molar refractivity (Wildman–Crippen MR) is 148 cm³/mol. The fourth-order valence-corrected chi connectivity index (χ4v) is 5.17. The standard InChI is InChI=1S/C29H30F5N5O3/c1-37-6-8-39(9-7-37)24-5-3-19(20-14-18(2-4-23(20)30)17-38-10-12-42-13-11-38)26(31)27(24)36-28(41)21-16-35-25(40)15-22(21)29(32,33)34/h2-5,14-16H,6-13,17H2,1H3,(H,35,40)(H,36,41). The number of aromatic nitrogens is 1. The Bertz CT molecular complexity index is 1510. The molecule has 3 heterocycles. The highest BCUT2D eigenvalue weighted by Crippen LogP contribution is 2.38. The molecule has 2 aromatic carbocycles. The van der Waals surface area contributed by atoms with E-state index in [0.29, 0.717) is 65.2 Å². The molecule has 0 atom stereocenters. The lowest BCUT2D eigenvalue weighted by Crippen LogP contribution is -2.44. The summed E-state index contributed by atoms with van der Waals surface area (Å²) in [5.74, 6) is -2.95. The second-order valence-corrected chi connectivity index (χ2v) is 10.4. The number of amides is 1. The Hall–Kier alpha value is -3.81. The summed E-state index contributed by atoms with van der Waals surface area (Å²) in [4.78, 5) is 32.9. The van der Waals surface area contributed by atoms with Crippen LogP contribution in [0.25, 0.3) is 11.1 Å². The number of likely N-dealkylation sites (N-methyl/N-ethyl adjacent to an activating group) is 1. The van der Waals surface area contributed by atoms with Crippen LogP contribution in [0, 0.1) is 11.6 Å². The number of aromatic amines is 1. The van der Waals surface area contributed by atoms with Crippen molar-refractivity contribution in [1.82, 2.24) is 14.8 Å². The van der Waals surface area contributed by atoms with Crippen molar-refractivity contribution in [1.29, 1.82) is 0 Å². The highest BCUT2D eigenvalue weighted by molar-refractivity contribution is 6.07. The number of anilines is 2. The molecule has 2 aliphatic rings. The summed E-state index contributed by atoms with van der Waals surface area (Å²) >= 11 is 0. The van der Waals surface area contributed by atoms with Gasteiger partial charge in [0.2, 0.25) is 5.56 Å². The van der Waals surface area contributed by atoms with Crippen molar-refractivity contribution in [2.24, 2.45) is 0 Å². The van der Waals surface area contributed by atoms with Gasteiger partial charge in [-0.3, -0.25) is 14.5 Å². The Morgan fingerprint density at radius 2 is 1.69 bits per heavy atom. The number of ether oxygens (including phenoxy) is 1. The number of rotatable bonds is 6. The molecule has 1 amide bonds. The van der Waals surface area contributed by atoms with Crippen molar-refractivity contribution in [3.8, 4) is 11.1 Å². The molecular formula is C29H30F5N5O3. The van der Waals surface area contributed by atoms with Gasteiger partial charge < -0.3 is 24.8 Å². The number of pyridine rings is 1. The number of carbonyl (C=O) groups is 1. The minimum Gasteiger partial charge on any atom is -0.379 e. The Kier molecular flexibility index (Phi) is 8.62. The minimum atomic E-state index is -5.01. The van der Waals surface area contributed by atoms with E-state index in [0.717, 1.165) is 5.56 Å². The first-order valence-corrected chi connectivity index (χ1v) is 13.5. The molecule has 2 saturated heterocycles. The number of halogens is 5. The Labute approximate surface area is 238 Å². The van der Waals surface area contributed by atoms with Gasteiger partial charge in [-0.1, -0.05) is 6.07 Å². The van der Waals surface area contributed by atoms with Crippen molar-refractivity contribution in [2.45, 2.75) is 12.7 Å². The number of alkyl halides is 3. The Morgan fingerprint density at radius 1 is 0.976 bits per heavy atom. The van der Waals surface area contributed by atoms with E-state index in [4.69, 9.17) is 4.74 Å². The van der Waals surface area contributed by atoms with Crippen LogP contribution in [0.2, 0.25) is 0 Å². The summed E-state index contributed by atoms with van der Waals surface area (Å²) < 4.78 is 77.9. The summed E-state index contributed by atoms with van der Waals surface area (Å²) in [7, 11) is 1.92. The van der Waals surface area contributed by atoms with Crippen molar-refractivity contribution in [3.05, 3.63) is 81.3 Å². The predicted octanol–water partition coefficient (Wildman–Crippen LogP) is 4.18. The number of carbonyl (C=O) groups excluding carboxylic acids is 1. The summed E-state index contributed by atoms with van der Waals surface area (Å²) in [6.45, 7) is 5.23. The summed E-state index contributed by atoms with van der Waals surface area (Å²) in [6, 6.07) is 7.61.